The number of hydrogen-bond acceptors (Lipinski definition) is 4. The van der Waals surface area contributed by atoms with E-state index in [-0.39, 0.29) is 30.9 Å². The molecular weight excluding hydrogens is 505 g/mol. The van der Waals surface area contributed by atoms with Gasteiger partial charge in [0.15, 0.2) is 11.6 Å². The van der Waals surface area contributed by atoms with Crippen LogP contribution in [0.2, 0.25) is 0 Å². The molecule has 1 aliphatic carbocycles. The average molecular weight is 547 g/mol. The largest absolute Gasteiger partial charge is 0.445 e. The molecule has 8 heteroatoms. The molecule has 0 radical (unpaired) electrons. The molecule has 0 aromatic heterocycles. The van der Waals surface area contributed by atoms with E-state index >= 15 is 0 Å². The van der Waals surface area contributed by atoms with Gasteiger partial charge in [0.1, 0.15) is 12.4 Å². The lowest BCUT2D eigenvalue weighted by Gasteiger charge is -2.36. The number of ether oxygens (including phenoxy) is 2. The van der Waals surface area contributed by atoms with Crippen molar-refractivity contribution in [3.63, 3.8) is 0 Å². The number of amides is 1. The molecule has 4 rings (SSSR count). The maximum Gasteiger partial charge on any atom is 0.410 e. The van der Waals surface area contributed by atoms with E-state index in [1.807, 2.05) is 30.3 Å². The molecule has 1 aliphatic heterocycles. The SMILES string of the molecule is O=C(OCc1ccccc1)N(Cc1cc(F)c(F)cc1F)C1CCC(OCCCCCCN2CCCC2)CC1. The van der Waals surface area contributed by atoms with Crippen molar-refractivity contribution in [2.45, 2.75) is 89.5 Å². The number of unbranched alkanes of at least 4 members (excludes halogenated alkanes) is 3. The second-order valence-corrected chi connectivity index (χ2v) is 10.8. The molecule has 0 bridgehead atoms. The van der Waals surface area contributed by atoms with E-state index in [0.717, 1.165) is 37.5 Å². The Morgan fingerprint density at radius 1 is 0.872 bits per heavy atom. The van der Waals surface area contributed by atoms with Crippen LogP contribution in [0.4, 0.5) is 18.0 Å². The summed E-state index contributed by atoms with van der Waals surface area (Å²) < 4.78 is 53.5. The standard InChI is InChI=1S/C31H41F3N2O3/c32-28-21-30(34)29(33)20-25(28)22-36(31(37)39-23-24-10-4-3-5-11-24)26-12-14-27(15-13-26)38-19-9-2-1-6-16-35-17-7-8-18-35/h3-5,10-11,20-21,26-27H,1-2,6-9,12-19,22-23H2. The molecule has 214 valence electrons. The minimum Gasteiger partial charge on any atom is -0.445 e. The highest BCUT2D eigenvalue weighted by atomic mass is 19.2. The Labute approximate surface area is 230 Å². The first-order valence-corrected chi connectivity index (χ1v) is 14.4. The van der Waals surface area contributed by atoms with E-state index in [1.54, 1.807) is 0 Å². The third-order valence-electron chi connectivity index (χ3n) is 7.88. The van der Waals surface area contributed by atoms with Gasteiger partial charge in [-0.25, -0.2) is 18.0 Å². The van der Waals surface area contributed by atoms with Gasteiger partial charge in [-0.1, -0.05) is 43.2 Å². The first-order chi connectivity index (χ1) is 19.0. The topological polar surface area (TPSA) is 42.0 Å². The van der Waals surface area contributed by atoms with Crippen molar-refractivity contribution in [3.05, 3.63) is 71.0 Å². The van der Waals surface area contributed by atoms with E-state index < -0.39 is 23.5 Å². The maximum absolute atomic E-state index is 14.5. The normalized spacial score (nSPS) is 19.8. The lowest BCUT2D eigenvalue weighted by atomic mass is 9.91. The molecule has 2 aromatic carbocycles. The molecule has 1 amide bonds. The lowest BCUT2D eigenvalue weighted by Crippen LogP contribution is -2.43. The molecule has 2 aromatic rings. The molecule has 2 aliphatic rings. The van der Waals surface area contributed by atoms with Gasteiger partial charge < -0.3 is 19.3 Å². The van der Waals surface area contributed by atoms with Crippen LogP contribution in [-0.2, 0) is 22.6 Å². The van der Waals surface area contributed by atoms with E-state index in [2.05, 4.69) is 4.90 Å². The van der Waals surface area contributed by atoms with Crippen molar-refractivity contribution in [3.8, 4) is 0 Å². The van der Waals surface area contributed by atoms with Gasteiger partial charge in [-0.2, -0.15) is 0 Å². The van der Waals surface area contributed by atoms with E-state index in [4.69, 9.17) is 9.47 Å². The van der Waals surface area contributed by atoms with Crippen LogP contribution in [0.5, 0.6) is 0 Å². The second kappa shape index (κ2) is 15.3. The summed E-state index contributed by atoms with van der Waals surface area (Å²) in [5.74, 6) is -3.27. The predicted octanol–water partition coefficient (Wildman–Crippen LogP) is 7.23. The molecule has 1 saturated heterocycles. The molecule has 39 heavy (non-hydrogen) atoms. The van der Waals surface area contributed by atoms with Crippen LogP contribution < -0.4 is 0 Å². The zero-order valence-electron chi connectivity index (χ0n) is 22.8. The molecule has 5 nitrogen and oxygen atoms in total. The highest BCUT2D eigenvalue weighted by molar-refractivity contribution is 5.68. The summed E-state index contributed by atoms with van der Waals surface area (Å²) in [6.45, 7) is 4.34. The number of rotatable bonds is 13. The fraction of sp³-hybridized carbons (Fsp3) is 0.581. The van der Waals surface area contributed by atoms with Gasteiger partial charge in [-0.3, -0.25) is 0 Å². The Hall–Kier alpha value is -2.58. The number of halogens is 3. The summed E-state index contributed by atoms with van der Waals surface area (Å²) in [5, 5.41) is 0. The Balaban J connectivity index is 1.24. The third-order valence-corrected chi connectivity index (χ3v) is 7.88. The number of carbonyl (C=O) groups is 1. The van der Waals surface area contributed by atoms with Gasteiger partial charge in [-0.05, 0) is 82.6 Å². The quantitative estimate of drug-likeness (QED) is 0.196. The Bertz CT molecular complexity index is 1030. The van der Waals surface area contributed by atoms with E-state index in [1.165, 1.54) is 56.6 Å². The lowest BCUT2D eigenvalue weighted by molar-refractivity contribution is 0.00179. The van der Waals surface area contributed by atoms with Crippen molar-refractivity contribution in [1.82, 2.24) is 9.80 Å². The molecule has 1 saturated carbocycles. The van der Waals surface area contributed by atoms with Crippen molar-refractivity contribution in [1.29, 1.82) is 0 Å². The summed E-state index contributed by atoms with van der Waals surface area (Å²) in [5.41, 5.74) is 0.756. The number of likely N-dealkylation sites (tertiary alicyclic amines) is 1. The molecule has 0 atom stereocenters. The smallest absolute Gasteiger partial charge is 0.410 e. The number of hydrogen-bond donors (Lipinski definition) is 0. The van der Waals surface area contributed by atoms with Gasteiger partial charge in [0.2, 0.25) is 0 Å². The minimum absolute atomic E-state index is 0.0753. The van der Waals surface area contributed by atoms with Crippen LogP contribution in [0.15, 0.2) is 42.5 Å². The van der Waals surface area contributed by atoms with Crippen molar-refractivity contribution in [2.75, 3.05) is 26.2 Å². The summed E-state index contributed by atoms with van der Waals surface area (Å²) in [6, 6.07) is 10.4. The van der Waals surface area contributed by atoms with Crippen LogP contribution in [0.25, 0.3) is 0 Å². The zero-order valence-corrected chi connectivity index (χ0v) is 22.8. The van der Waals surface area contributed by atoms with Crippen LogP contribution >= 0.6 is 0 Å². The summed E-state index contributed by atoms with van der Waals surface area (Å²) in [6.07, 6.45) is 9.82. The fourth-order valence-corrected chi connectivity index (χ4v) is 5.58. The first kappa shape index (κ1) is 29.4. The summed E-state index contributed by atoms with van der Waals surface area (Å²) >= 11 is 0. The molecular formula is C31H41F3N2O3. The first-order valence-electron chi connectivity index (χ1n) is 14.4. The van der Waals surface area contributed by atoms with Gasteiger partial charge in [0.05, 0.1) is 12.6 Å². The van der Waals surface area contributed by atoms with Crippen LogP contribution in [0.3, 0.4) is 0 Å². The van der Waals surface area contributed by atoms with Gasteiger partial charge in [-0.15, -0.1) is 0 Å². The van der Waals surface area contributed by atoms with Crippen molar-refractivity contribution < 1.29 is 27.4 Å². The molecule has 2 fully saturated rings. The molecule has 1 heterocycles. The van der Waals surface area contributed by atoms with Crippen LogP contribution in [0, 0.1) is 17.5 Å². The average Bonchev–Trinajstić information content (AvgIpc) is 3.47. The molecule has 0 unspecified atom stereocenters. The molecule has 0 N–H and O–H groups in total. The van der Waals surface area contributed by atoms with E-state index in [0.29, 0.717) is 18.9 Å². The van der Waals surface area contributed by atoms with Crippen LogP contribution in [-0.4, -0.2) is 54.3 Å². The van der Waals surface area contributed by atoms with Crippen molar-refractivity contribution in [2.24, 2.45) is 0 Å². The zero-order chi connectivity index (χ0) is 27.5. The Morgan fingerprint density at radius 2 is 1.56 bits per heavy atom. The number of nitrogens with zero attached hydrogens (tertiary/aromatic N) is 2. The summed E-state index contributed by atoms with van der Waals surface area (Å²) in [7, 11) is 0. The van der Waals surface area contributed by atoms with Crippen LogP contribution in [0.1, 0.15) is 75.3 Å². The number of carbonyl (C=O) groups excluding carboxylic acids is 1. The third kappa shape index (κ3) is 9.24. The van der Waals surface area contributed by atoms with Gasteiger partial charge in [0, 0.05) is 24.3 Å². The molecule has 0 spiro atoms. The summed E-state index contributed by atoms with van der Waals surface area (Å²) in [4.78, 5) is 17.1. The van der Waals surface area contributed by atoms with Crippen molar-refractivity contribution >= 4 is 6.09 Å². The highest BCUT2D eigenvalue weighted by Crippen LogP contribution is 2.28. The van der Waals surface area contributed by atoms with E-state index in [9.17, 15) is 18.0 Å². The number of benzene rings is 2. The maximum atomic E-state index is 14.5. The minimum atomic E-state index is -1.25. The van der Waals surface area contributed by atoms with Gasteiger partial charge >= 0.3 is 6.09 Å². The highest BCUT2D eigenvalue weighted by Gasteiger charge is 2.31. The fourth-order valence-electron chi connectivity index (χ4n) is 5.58. The monoisotopic (exact) mass is 546 g/mol. The second-order valence-electron chi connectivity index (χ2n) is 10.8. The predicted molar refractivity (Wildman–Crippen MR) is 145 cm³/mol. The Morgan fingerprint density at radius 3 is 2.31 bits per heavy atom. The Kier molecular flexibility index (Phi) is 11.5. The van der Waals surface area contributed by atoms with Gasteiger partial charge in [0.25, 0.3) is 0 Å².